The van der Waals surface area contributed by atoms with Crippen molar-refractivity contribution < 1.29 is 4.79 Å². The first kappa shape index (κ1) is 21.3. The molecule has 0 radical (unpaired) electrons. The summed E-state index contributed by atoms with van der Waals surface area (Å²) in [5.74, 6) is 0.237. The Hall–Kier alpha value is -1.95. The van der Waals surface area contributed by atoms with E-state index in [4.69, 9.17) is 23.2 Å². The van der Waals surface area contributed by atoms with Crippen LogP contribution >= 0.6 is 35.0 Å². The molecule has 156 valence electrons. The van der Waals surface area contributed by atoms with Gasteiger partial charge < -0.3 is 10.2 Å². The summed E-state index contributed by atoms with van der Waals surface area (Å²) in [5, 5.41) is 4.64. The predicted molar refractivity (Wildman–Crippen MR) is 129 cm³/mol. The number of nitrogens with one attached hydrogen (secondary N) is 1. The number of anilines is 1. The van der Waals surface area contributed by atoms with Crippen molar-refractivity contribution in [1.29, 1.82) is 0 Å². The molecule has 0 aromatic heterocycles. The van der Waals surface area contributed by atoms with Crippen LogP contribution in [0.3, 0.4) is 0 Å². The van der Waals surface area contributed by atoms with Crippen LogP contribution < -0.4 is 10.2 Å². The van der Waals surface area contributed by atoms with Gasteiger partial charge in [-0.05, 0) is 91.5 Å². The number of nitrogens with zero attached hydrogens (tertiary/aromatic N) is 2. The van der Waals surface area contributed by atoms with Crippen LogP contribution in [0.25, 0.3) is 6.08 Å². The minimum Gasteiger partial charge on any atom is -0.369 e. The fraction of sp³-hybridized carbons (Fsp3) is 0.304. The maximum Gasteiger partial charge on any atom is 0.264 e. The Labute approximate surface area is 191 Å². The molecular weight excluding hydrogens is 437 g/mol. The highest BCUT2D eigenvalue weighted by molar-refractivity contribution is 8.18. The van der Waals surface area contributed by atoms with E-state index >= 15 is 0 Å². The molecule has 1 amide bonds. The Kier molecular flexibility index (Phi) is 5.64. The van der Waals surface area contributed by atoms with Crippen LogP contribution in [0.2, 0.25) is 10.0 Å². The topological polar surface area (TPSA) is 44.7 Å². The molecule has 0 aliphatic carbocycles. The van der Waals surface area contributed by atoms with Crippen molar-refractivity contribution in [1.82, 2.24) is 5.32 Å². The summed E-state index contributed by atoms with van der Waals surface area (Å²) < 4.78 is 0. The van der Waals surface area contributed by atoms with Gasteiger partial charge in [0.2, 0.25) is 0 Å². The van der Waals surface area contributed by atoms with E-state index in [1.165, 1.54) is 17.3 Å². The maximum atomic E-state index is 12.5. The van der Waals surface area contributed by atoms with E-state index in [9.17, 15) is 4.79 Å². The van der Waals surface area contributed by atoms with Crippen molar-refractivity contribution in [2.24, 2.45) is 4.99 Å². The molecule has 7 heteroatoms. The molecule has 4 rings (SSSR count). The third-order valence-electron chi connectivity index (χ3n) is 5.75. The van der Waals surface area contributed by atoms with Gasteiger partial charge in [0.25, 0.3) is 5.91 Å². The Balaban J connectivity index is 1.64. The van der Waals surface area contributed by atoms with Gasteiger partial charge >= 0.3 is 0 Å². The fourth-order valence-corrected chi connectivity index (χ4v) is 5.14. The van der Waals surface area contributed by atoms with Crippen molar-refractivity contribution in [3.63, 3.8) is 0 Å². The summed E-state index contributed by atoms with van der Waals surface area (Å²) in [5.41, 5.74) is 4.06. The van der Waals surface area contributed by atoms with Crippen LogP contribution in [0.1, 0.15) is 44.2 Å². The number of amidine groups is 1. The average Bonchev–Trinajstić information content (AvgIpc) is 3.01. The number of aliphatic imine (C=N–C) groups is 1. The molecule has 1 atom stereocenters. The smallest absolute Gasteiger partial charge is 0.264 e. The first-order chi connectivity index (χ1) is 14.1. The maximum absolute atomic E-state index is 12.5. The number of carbonyl (C=O) groups is 1. The number of thioether (sulfide) groups is 1. The van der Waals surface area contributed by atoms with Gasteiger partial charge in [-0.3, -0.25) is 4.79 Å². The zero-order valence-corrected chi connectivity index (χ0v) is 19.6. The van der Waals surface area contributed by atoms with E-state index in [1.54, 1.807) is 12.1 Å². The Morgan fingerprint density at radius 1 is 1.23 bits per heavy atom. The first-order valence-corrected chi connectivity index (χ1v) is 11.3. The molecule has 2 aliphatic heterocycles. The minimum absolute atomic E-state index is 0.0734. The molecule has 1 fully saturated rings. The second-order valence-electron chi connectivity index (χ2n) is 8.37. The van der Waals surface area contributed by atoms with Gasteiger partial charge in [0.15, 0.2) is 5.17 Å². The molecule has 0 spiro atoms. The zero-order chi connectivity index (χ0) is 21.6. The molecular formula is C23H23Cl2N3OS. The third-order valence-corrected chi connectivity index (χ3v) is 7.24. The number of fused-ring (bicyclic) bond motifs is 1. The van der Waals surface area contributed by atoms with Crippen molar-refractivity contribution in [3.05, 3.63) is 62.5 Å². The third kappa shape index (κ3) is 4.11. The highest BCUT2D eigenvalue weighted by Crippen LogP contribution is 2.45. The summed E-state index contributed by atoms with van der Waals surface area (Å²) in [7, 11) is 2.11. The van der Waals surface area contributed by atoms with E-state index in [1.807, 2.05) is 24.3 Å². The lowest BCUT2D eigenvalue weighted by molar-refractivity contribution is -0.115. The molecule has 2 aromatic rings. The average molecular weight is 460 g/mol. The highest BCUT2D eigenvalue weighted by Gasteiger charge is 2.34. The van der Waals surface area contributed by atoms with Crippen molar-refractivity contribution in [2.75, 3.05) is 11.9 Å². The van der Waals surface area contributed by atoms with Gasteiger partial charge in [-0.25, -0.2) is 4.99 Å². The summed E-state index contributed by atoms with van der Waals surface area (Å²) in [6.07, 6.45) is 2.90. The zero-order valence-electron chi connectivity index (χ0n) is 17.3. The van der Waals surface area contributed by atoms with Gasteiger partial charge in [0, 0.05) is 28.3 Å². The number of hydrogen-bond donors (Lipinski definition) is 1. The Morgan fingerprint density at radius 3 is 2.63 bits per heavy atom. The van der Waals surface area contributed by atoms with Crippen molar-refractivity contribution in [2.45, 2.75) is 38.6 Å². The molecule has 1 N–H and O–H groups in total. The Bertz CT molecular complexity index is 1080. The number of amides is 1. The summed E-state index contributed by atoms with van der Waals surface area (Å²) in [4.78, 5) is 19.8. The molecule has 1 saturated heterocycles. The summed E-state index contributed by atoms with van der Waals surface area (Å²) in [6.45, 7) is 6.74. The van der Waals surface area contributed by atoms with E-state index in [0.717, 1.165) is 23.4 Å². The fourth-order valence-electron chi connectivity index (χ4n) is 3.97. The lowest BCUT2D eigenvalue weighted by Gasteiger charge is -2.45. The predicted octanol–water partition coefficient (Wildman–Crippen LogP) is 6.61. The summed E-state index contributed by atoms with van der Waals surface area (Å²) in [6, 6.07) is 11.3. The highest BCUT2D eigenvalue weighted by atomic mass is 35.5. The van der Waals surface area contributed by atoms with E-state index in [0.29, 0.717) is 26.0 Å². The molecule has 1 unspecified atom stereocenters. The second kappa shape index (κ2) is 7.95. The molecule has 0 saturated carbocycles. The van der Waals surface area contributed by atoms with Crippen LogP contribution in [0, 0.1) is 0 Å². The summed E-state index contributed by atoms with van der Waals surface area (Å²) >= 11 is 13.8. The van der Waals surface area contributed by atoms with Gasteiger partial charge in [0.1, 0.15) is 0 Å². The number of rotatable bonds is 2. The van der Waals surface area contributed by atoms with Crippen LogP contribution in [0.5, 0.6) is 0 Å². The lowest BCUT2D eigenvalue weighted by Crippen LogP contribution is -2.45. The standard InChI is InChI=1S/C23H23Cl2N3OS/c1-13-12-23(2,3)28(4)19-11-18(25)14(9-17(13)19)10-20-21(29)27-22(30-20)26-16-7-5-15(24)6-8-16/h5-11,13H,12H2,1-4H3,(H,26,27,29)/b20-10+. The number of halogens is 2. The molecule has 30 heavy (non-hydrogen) atoms. The van der Waals surface area contributed by atoms with Crippen LogP contribution in [-0.2, 0) is 4.79 Å². The van der Waals surface area contributed by atoms with Crippen LogP contribution in [0.15, 0.2) is 46.3 Å². The largest absolute Gasteiger partial charge is 0.369 e. The number of hydrogen-bond acceptors (Lipinski definition) is 4. The van der Waals surface area contributed by atoms with E-state index in [2.05, 4.69) is 49.1 Å². The Morgan fingerprint density at radius 2 is 1.93 bits per heavy atom. The van der Waals surface area contributed by atoms with Gasteiger partial charge in [-0.1, -0.05) is 30.1 Å². The lowest BCUT2D eigenvalue weighted by atomic mass is 9.80. The van der Waals surface area contributed by atoms with E-state index < -0.39 is 0 Å². The SMILES string of the molecule is CC1CC(C)(C)N(C)c2cc(Cl)c(/C=C3/SC(=Nc4ccc(Cl)cc4)NC3=O)cc21. The number of benzene rings is 2. The van der Waals surface area contributed by atoms with Gasteiger partial charge in [-0.2, -0.15) is 0 Å². The van der Waals surface area contributed by atoms with Crippen molar-refractivity contribution in [3.8, 4) is 0 Å². The van der Waals surface area contributed by atoms with Crippen molar-refractivity contribution >= 4 is 63.5 Å². The quantitative estimate of drug-likeness (QED) is 0.513. The second-order valence-corrected chi connectivity index (χ2v) is 10.2. The minimum atomic E-state index is -0.173. The normalized spacial score (nSPS) is 23.1. The first-order valence-electron chi connectivity index (χ1n) is 9.76. The van der Waals surface area contributed by atoms with Gasteiger partial charge in [0.05, 0.1) is 10.6 Å². The molecule has 2 aliphatic rings. The molecule has 0 bridgehead atoms. The molecule has 2 aromatic carbocycles. The molecule has 4 nitrogen and oxygen atoms in total. The molecule has 2 heterocycles. The van der Waals surface area contributed by atoms with Gasteiger partial charge in [-0.15, -0.1) is 0 Å². The monoisotopic (exact) mass is 459 g/mol. The van der Waals surface area contributed by atoms with Crippen LogP contribution in [0.4, 0.5) is 11.4 Å². The number of carbonyl (C=O) groups excluding carboxylic acids is 1. The van der Waals surface area contributed by atoms with E-state index in [-0.39, 0.29) is 11.4 Å². The van der Waals surface area contributed by atoms with Crippen LogP contribution in [-0.4, -0.2) is 23.7 Å².